The summed E-state index contributed by atoms with van der Waals surface area (Å²) in [5.74, 6) is 0.498. The number of carbonyl (C=O) groups excluding carboxylic acids is 2. The molecule has 6 heteroatoms. The van der Waals surface area contributed by atoms with Crippen molar-refractivity contribution < 1.29 is 14.3 Å². The second-order valence-corrected chi connectivity index (χ2v) is 4.33. The van der Waals surface area contributed by atoms with Crippen LogP contribution in [0.2, 0.25) is 0 Å². The zero-order valence-corrected chi connectivity index (χ0v) is 10.8. The van der Waals surface area contributed by atoms with Gasteiger partial charge < -0.3 is 15.4 Å². The first-order valence-corrected chi connectivity index (χ1v) is 6.21. The molecule has 0 bridgehead atoms. The van der Waals surface area contributed by atoms with E-state index in [-0.39, 0.29) is 17.6 Å². The van der Waals surface area contributed by atoms with Crippen molar-refractivity contribution in [3.8, 4) is 5.75 Å². The van der Waals surface area contributed by atoms with Crippen molar-refractivity contribution in [2.24, 2.45) is 0 Å². The summed E-state index contributed by atoms with van der Waals surface area (Å²) >= 11 is 3.87. The fraction of sp³-hybridized carbons (Fsp3) is 0.333. The summed E-state index contributed by atoms with van der Waals surface area (Å²) in [7, 11) is 0. The fourth-order valence-electron chi connectivity index (χ4n) is 1.62. The van der Waals surface area contributed by atoms with Gasteiger partial charge in [-0.1, -0.05) is 6.07 Å². The molecule has 1 atom stereocenters. The average molecular weight is 266 g/mol. The first-order chi connectivity index (χ1) is 8.60. The summed E-state index contributed by atoms with van der Waals surface area (Å²) in [5, 5.41) is 5.47. The summed E-state index contributed by atoms with van der Waals surface area (Å²) in [6.07, 6.45) is -0.479. The van der Waals surface area contributed by atoms with E-state index in [9.17, 15) is 9.59 Å². The average Bonchev–Trinajstić information content (AvgIpc) is 2.37. The van der Waals surface area contributed by atoms with E-state index in [1.54, 1.807) is 19.1 Å². The molecule has 0 aliphatic carbocycles. The molecule has 2 N–H and O–H groups in total. The molecule has 1 aliphatic heterocycles. The maximum atomic E-state index is 11.5. The lowest BCUT2D eigenvalue weighted by atomic mass is 10.1. The first-order valence-electron chi connectivity index (χ1n) is 5.58. The lowest BCUT2D eigenvalue weighted by Gasteiger charge is -2.23. The number of carbonyl (C=O) groups is 2. The van der Waals surface area contributed by atoms with Crippen LogP contribution < -0.4 is 15.4 Å². The van der Waals surface area contributed by atoms with Crippen LogP contribution in [0.15, 0.2) is 18.2 Å². The van der Waals surface area contributed by atoms with Gasteiger partial charge in [0.2, 0.25) is 5.91 Å². The Labute approximate surface area is 110 Å². The Morgan fingerprint density at radius 2 is 2.33 bits per heavy atom. The molecular formula is C12H14N2O3S. The molecule has 0 aromatic heterocycles. The van der Waals surface area contributed by atoms with E-state index in [0.717, 1.165) is 5.56 Å². The highest BCUT2D eigenvalue weighted by molar-refractivity contribution is 7.81. The molecule has 0 fully saturated rings. The molecule has 0 radical (unpaired) electrons. The lowest BCUT2D eigenvalue weighted by Crippen LogP contribution is -2.34. The summed E-state index contributed by atoms with van der Waals surface area (Å²) < 4.78 is 5.43. The Kier molecular flexibility index (Phi) is 3.76. The maximum absolute atomic E-state index is 11.5. The van der Waals surface area contributed by atoms with Gasteiger partial charge in [-0.25, -0.2) is 0 Å². The second kappa shape index (κ2) is 5.30. The number of nitrogens with one attached hydrogen (secondary N) is 2. The van der Waals surface area contributed by atoms with Crippen molar-refractivity contribution >= 4 is 30.1 Å². The number of ether oxygens (including phenoxy) is 1. The minimum atomic E-state index is -0.479. The van der Waals surface area contributed by atoms with E-state index in [4.69, 9.17) is 4.74 Å². The maximum Gasteiger partial charge on any atom is 0.265 e. The number of anilines is 1. The second-order valence-electron chi connectivity index (χ2n) is 4.01. The van der Waals surface area contributed by atoms with Crippen LogP contribution in [0.5, 0.6) is 5.75 Å². The minimum absolute atomic E-state index is 0.134. The van der Waals surface area contributed by atoms with E-state index in [1.807, 2.05) is 6.07 Å². The van der Waals surface area contributed by atoms with Crippen molar-refractivity contribution in [3.05, 3.63) is 23.8 Å². The quantitative estimate of drug-likeness (QED) is 0.714. The van der Waals surface area contributed by atoms with E-state index in [2.05, 4.69) is 23.3 Å². The number of benzene rings is 1. The molecule has 96 valence electrons. The Hall–Kier alpha value is -1.69. The Bertz CT molecular complexity index is 490. The topological polar surface area (TPSA) is 67.4 Å². The Morgan fingerprint density at radius 3 is 3.06 bits per heavy atom. The van der Waals surface area contributed by atoms with Crippen LogP contribution in [-0.2, 0) is 16.1 Å². The zero-order chi connectivity index (χ0) is 13.1. The first kappa shape index (κ1) is 12.8. The fourth-order valence-corrected chi connectivity index (χ4v) is 1.73. The molecule has 2 amide bonds. The van der Waals surface area contributed by atoms with Gasteiger partial charge in [-0.2, -0.15) is 12.6 Å². The molecular weight excluding hydrogens is 252 g/mol. The normalized spacial score (nSPS) is 17.4. The van der Waals surface area contributed by atoms with Crippen molar-refractivity contribution in [3.63, 3.8) is 0 Å². The van der Waals surface area contributed by atoms with Gasteiger partial charge in [0.05, 0.1) is 11.4 Å². The van der Waals surface area contributed by atoms with Crippen molar-refractivity contribution in [1.82, 2.24) is 5.32 Å². The van der Waals surface area contributed by atoms with E-state index in [0.29, 0.717) is 18.0 Å². The highest BCUT2D eigenvalue weighted by Crippen LogP contribution is 2.30. The van der Waals surface area contributed by atoms with E-state index >= 15 is 0 Å². The predicted molar refractivity (Wildman–Crippen MR) is 70.9 cm³/mol. The number of thiol groups is 1. The molecule has 0 spiro atoms. The van der Waals surface area contributed by atoms with Gasteiger partial charge in [-0.3, -0.25) is 9.59 Å². The smallest absolute Gasteiger partial charge is 0.265 e. The van der Waals surface area contributed by atoms with Crippen molar-refractivity contribution in [2.45, 2.75) is 19.6 Å². The van der Waals surface area contributed by atoms with Gasteiger partial charge in [0.15, 0.2) is 6.10 Å². The SMILES string of the molecule is CC1Oc2ccc(CNC(=O)CS)cc2NC1=O. The van der Waals surface area contributed by atoms with Crippen LogP contribution in [0.25, 0.3) is 0 Å². The van der Waals surface area contributed by atoms with Crippen molar-refractivity contribution in [1.29, 1.82) is 0 Å². The van der Waals surface area contributed by atoms with E-state index < -0.39 is 6.10 Å². The third-order valence-electron chi connectivity index (χ3n) is 2.61. The number of hydrogen-bond acceptors (Lipinski definition) is 4. The summed E-state index contributed by atoms with van der Waals surface area (Å²) in [6.45, 7) is 2.09. The van der Waals surface area contributed by atoms with Crippen LogP contribution in [0.4, 0.5) is 5.69 Å². The van der Waals surface area contributed by atoms with Crippen LogP contribution >= 0.6 is 12.6 Å². The van der Waals surface area contributed by atoms with Crippen LogP contribution in [0.3, 0.4) is 0 Å². The highest BCUT2D eigenvalue weighted by Gasteiger charge is 2.23. The molecule has 1 aromatic carbocycles. The summed E-state index contributed by atoms with van der Waals surface area (Å²) in [4.78, 5) is 22.6. The third kappa shape index (κ3) is 2.76. The lowest BCUT2D eigenvalue weighted by molar-refractivity contribution is -0.122. The Morgan fingerprint density at radius 1 is 1.56 bits per heavy atom. The standard InChI is InChI=1S/C12H14N2O3S/c1-7-12(16)14-9-4-8(2-3-10(9)17-7)5-13-11(15)6-18/h2-4,7,18H,5-6H2,1H3,(H,13,15)(H,14,16). The van der Waals surface area contributed by atoms with Crippen LogP contribution in [0, 0.1) is 0 Å². The minimum Gasteiger partial charge on any atom is -0.479 e. The number of rotatable bonds is 3. The molecule has 18 heavy (non-hydrogen) atoms. The predicted octanol–water partition coefficient (Wildman–Crippen LogP) is 0.952. The monoisotopic (exact) mass is 266 g/mol. The van der Waals surface area contributed by atoms with Gasteiger partial charge in [-0.05, 0) is 24.6 Å². The largest absolute Gasteiger partial charge is 0.479 e. The summed E-state index contributed by atoms with van der Waals surface area (Å²) in [5.41, 5.74) is 1.53. The zero-order valence-electron chi connectivity index (χ0n) is 9.90. The molecule has 1 aromatic rings. The van der Waals surface area contributed by atoms with Gasteiger partial charge in [0, 0.05) is 6.54 Å². The molecule has 0 saturated heterocycles. The third-order valence-corrected chi connectivity index (χ3v) is 2.90. The molecule has 1 unspecified atom stereocenters. The molecule has 2 rings (SSSR count). The summed E-state index contributed by atoms with van der Waals surface area (Å²) in [6, 6.07) is 5.42. The number of fused-ring (bicyclic) bond motifs is 1. The van der Waals surface area contributed by atoms with Gasteiger partial charge >= 0.3 is 0 Å². The van der Waals surface area contributed by atoms with Crippen LogP contribution in [0.1, 0.15) is 12.5 Å². The van der Waals surface area contributed by atoms with Crippen molar-refractivity contribution in [2.75, 3.05) is 11.1 Å². The van der Waals surface area contributed by atoms with Gasteiger partial charge in [0.1, 0.15) is 5.75 Å². The molecule has 1 aliphatic rings. The number of hydrogen-bond donors (Lipinski definition) is 3. The molecule has 5 nitrogen and oxygen atoms in total. The van der Waals surface area contributed by atoms with E-state index in [1.165, 1.54) is 0 Å². The van der Waals surface area contributed by atoms with Gasteiger partial charge in [-0.15, -0.1) is 0 Å². The molecule has 1 heterocycles. The van der Waals surface area contributed by atoms with Crippen LogP contribution in [-0.4, -0.2) is 23.7 Å². The number of amides is 2. The van der Waals surface area contributed by atoms with Gasteiger partial charge in [0.25, 0.3) is 5.91 Å². The highest BCUT2D eigenvalue weighted by atomic mass is 32.1. The Balaban J connectivity index is 2.10. The molecule has 0 saturated carbocycles.